The number of hydrogen-bond donors (Lipinski definition) is 0. The van der Waals surface area contributed by atoms with E-state index in [0.717, 1.165) is 64.2 Å². The Balaban J connectivity index is 3.82. The van der Waals surface area contributed by atoms with Crippen LogP contribution in [0, 0.1) is 0 Å². The summed E-state index contributed by atoms with van der Waals surface area (Å²) < 4.78 is 16.5. The molecule has 0 aromatic carbocycles. The van der Waals surface area contributed by atoms with Crippen LogP contribution in [-0.4, -0.2) is 37.2 Å². The van der Waals surface area contributed by atoms with E-state index < -0.39 is 6.10 Å². The van der Waals surface area contributed by atoms with Crippen LogP contribution in [0.2, 0.25) is 0 Å². The molecule has 0 saturated heterocycles. The number of hydrogen-bond acceptors (Lipinski definition) is 6. The smallest absolute Gasteiger partial charge is 0.306 e. The Morgan fingerprint density at radius 2 is 0.589 bits per heavy atom. The van der Waals surface area contributed by atoms with E-state index in [9.17, 15) is 14.4 Å². The molecular weight excluding hydrogens is 697 g/mol. The summed E-state index contributed by atoms with van der Waals surface area (Å²) in [6.45, 7) is 6.51. The minimum absolute atomic E-state index is 0.0673. The lowest BCUT2D eigenvalue weighted by molar-refractivity contribution is -0.167. The van der Waals surface area contributed by atoms with Gasteiger partial charge in [0.25, 0.3) is 0 Å². The Hall–Kier alpha value is -1.85. The molecule has 0 saturated carbocycles. The molecule has 0 aliphatic carbocycles. The SMILES string of the molecule is CCCCCCCCCC/C=C\CCCCCCCCCCCCCCCCCC(=O)OCC(COC(=O)CCCCCCC)OC(=O)CCCCCCCC. The Morgan fingerprint density at radius 3 is 0.893 bits per heavy atom. The van der Waals surface area contributed by atoms with E-state index in [1.807, 2.05) is 0 Å². The van der Waals surface area contributed by atoms with Crippen molar-refractivity contribution in [3.63, 3.8) is 0 Å². The Labute approximate surface area is 348 Å². The molecule has 56 heavy (non-hydrogen) atoms. The lowest BCUT2D eigenvalue weighted by Gasteiger charge is -2.18. The molecule has 0 fully saturated rings. The largest absolute Gasteiger partial charge is 0.462 e. The number of carbonyl (C=O) groups is 3. The lowest BCUT2D eigenvalue weighted by Crippen LogP contribution is -2.30. The molecule has 0 aromatic rings. The molecular formula is C50H94O6. The zero-order valence-electron chi connectivity index (χ0n) is 37.7. The zero-order valence-corrected chi connectivity index (χ0v) is 37.7. The maximum absolute atomic E-state index is 12.5. The van der Waals surface area contributed by atoms with Gasteiger partial charge in [-0.15, -0.1) is 0 Å². The minimum atomic E-state index is -0.757. The number of allylic oxidation sites excluding steroid dienone is 2. The van der Waals surface area contributed by atoms with Gasteiger partial charge in [0.2, 0.25) is 0 Å². The van der Waals surface area contributed by atoms with Gasteiger partial charge in [-0.25, -0.2) is 0 Å². The quantitative estimate of drug-likeness (QED) is 0.0264. The maximum atomic E-state index is 12.5. The van der Waals surface area contributed by atoms with Crippen molar-refractivity contribution in [1.82, 2.24) is 0 Å². The van der Waals surface area contributed by atoms with Crippen LogP contribution in [0.5, 0.6) is 0 Å². The second-order valence-electron chi connectivity index (χ2n) is 16.7. The highest BCUT2D eigenvalue weighted by Gasteiger charge is 2.19. The number of carbonyl (C=O) groups excluding carboxylic acids is 3. The number of rotatable bonds is 45. The molecule has 6 nitrogen and oxygen atoms in total. The van der Waals surface area contributed by atoms with Gasteiger partial charge in [0.1, 0.15) is 13.2 Å². The highest BCUT2D eigenvalue weighted by molar-refractivity contribution is 5.71. The molecule has 330 valence electrons. The normalized spacial score (nSPS) is 12.0. The standard InChI is InChI=1S/C50H94O6/c1-4-7-10-13-15-16-17-18-19-20-21-22-23-24-25-26-27-28-29-30-31-32-33-34-35-38-40-43-49(52)55-46-47(45-54-48(51)42-39-36-12-9-6-3)56-50(53)44-41-37-14-11-8-5-2/h20-21,47H,4-19,22-46H2,1-3H3/b21-20-. The highest BCUT2D eigenvalue weighted by atomic mass is 16.6. The fourth-order valence-electron chi connectivity index (χ4n) is 7.26. The maximum Gasteiger partial charge on any atom is 0.306 e. The van der Waals surface area contributed by atoms with Crippen LogP contribution >= 0.6 is 0 Å². The summed E-state index contributed by atoms with van der Waals surface area (Å²) in [6, 6.07) is 0. The van der Waals surface area contributed by atoms with Gasteiger partial charge in [-0.2, -0.15) is 0 Å². The molecule has 0 bridgehead atoms. The third-order valence-corrected chi connectivity index (χ3v) is 11.0. The summed E-state index contributed by atoms with van der Waals surface area (Å²) >= 11 is 0. The third kappa shape index (κ3) is 43.3. The fraction of sp³-hybridized carbons (Fsp3) is 0.900. The van der Waals surface area contributed by atoms with Gasteiger partial charge in [0, 0.05) is 19.3 Å². The van der Waals surface area contributed by atoms with Crippen LogP contribution in [-0.2, 0) is 28.6 Å². The average molecular weight is 791 g/mol. The molecule has 0 aromatic heterocycles. The monoisotopic (exact) mass is 791 g/mol. The molecule has 0 rings (SSSR count). The molecule has 6 heteroatoms. The number of unbranched alkanes of at least 4 members (excludes halogenated alkanes) is 32. The van der Waals surface area contributed by atoms with Crippen molar-refractivity contribution < 1.29 is 28.6 Å². The van der Waals surface area contributed by atoms with Crippen LogP contribution < -0.4 is 0 Å². The van der Waals surface area contributed by atoms with Crippen molar-refractivity contribution in [3.8, 4) is 0 Å². The Kier molecular flexibility index (Phi) is 44.3. The summed E-state index contributed by atoms with van der Waals surface area (Å²) in [5.74, 6) is -0.884. The van der Waals surface area contributed by atoms with E-state index in [1.54, 1.807) is 0 Å². The van der Waals surface area contributed by atoms with Crippen LogP contribution in [0.15, 0.2) is 12.2 Å². The van der Waals surface area contributed by atoms with Gasteiger partial charge in [-0.3, -0.25) is 14.4 Å². The van der Waals surface area contributed by atoms with Crippen molar-refractivity contribution >= 4 is 17.9 Å². The summed E-state index contributed by atoms with van der Waals surface area (Å²) in [5.41, 5.74) is 0. The van der Waals surface area contributed by atoms with Crippen molar-refractivity contribution in [2.24, 2.45) is 0 Å². The van der Waals surface area contributed by atoms with Crippen LogP contribution in [0.4, 0.5) is 0 Å². The van der Waals surface area contributed by atoms with Gasteiger partial charge in [0.15, 0.2) is 6.10 Å². The fourth-order valence-corrected chi connectivity index (χ4v) is 7.26. The van der Waals surface area contributed by atoms with Crippen LogP contribution in [0.3, 0.4) is 0 Å². The van der Waals surface area contributed by atoms with E-state index in [2.05, 4.69) is 32.9 Å². The van der Waals surface area contributed by atoms with E-state index in [0.29, 0.717) is 19.3 Å². The first-order chi connectivity index (χ1) is 27.5. The van der Waals surface area contributed by atoms with E-state index >= 15 is 0 Å². The van der Waals surface area contributed by atoms with Gasteiger partial charge in [-0.05, 0) is 44.9 Å². The zero-order chi connectivity index (χ0) is 40.8. The van der Waals surface area contributed by atoms with Gasteiger partial charge in [0.05, 0.1) is 0 Å². The molecule has 0 heterocycles. The second-order valence-corrected chi connectivity index (χ2v) is 16.7. The number of ether oxygens (including phenoxy) is 3. The first kappa shape index (κ1) is 54.2. The summed E-state index contributed by atoms with van der Waals surface area (Å²) in [7, 11) is 0. The van der Waals surface area contributed by atoms with E-state index in [1.165, 1.54) is 167 Å². The van der Waals surface area contributed by atoms with Crippen LogP contribution in [0.25, 0.3) is 0 Å². The van der Waals surface area contributed by atoms with E-state index in [4.69, 9.17) is 14.2 Å². The van der Waals surface area contributed by atoms with Gasteiger partial charge in [-0.1, -0.05) is 219 Å². The number of esters is 3. The topological polar surface area (TPSA) is 78.9 Å². The molecule has 1 unspecified atom stereocenters. The van der Waals surface area contributed by atoms with Crippen molar-refractivity contribution in [2.45, 2.75) is 277 Å². The minimum Gasteiger partial charge on any atom is -0.462 e. The van der Waals surface area contributed by atoms with Gasteiger partial charge >= 0.3 is 17.9 Å². The van der Waals surface area contributed by atoms with Crippen LogP contribution in [0.1, 0.15) is 271 Å². The lowest BCUT2D eigenvalue weighted by atomic mass is 10.0. The summed E-state index contributed by atoms with van der Waals surface area (Å²) in [5, 5.41) is 0. The summed E-state index contributed by atoms with van der Waals surface area (Å²) in [4.78, 5) is 37.2. The highest BCUT2D eigenvalue weighted by Crippen LogP contribution is 2.16. The molecule has 0 aliphatic heterocycles. The summed E-state index contributed by atoms with van der Waals surface area (Å²) in [6.07, 6.45) is 50.0. The molecule has 1 atom stereocenters. The molecule has 0 spiro atoms. The Bertz CT molecular complexity index is 870. The van der Waals surface area contributed by atoms with Gasteiger partial charge < -0.3 is 14.2 Å². The first-order valence-electron chi connectivity index (χ1n) is 24.7. The first-order valence-corrected chi connectivity index (χ1v) is 24.7. The molecule has 0 radical (unpaired) electrons. The molecule has 0 N–H and O–H groups in total. The predicted molar refractivity (Wildman–Crippen MR) is 238 cm³/mol. The third-order valence-electron chi connectivity index (χ3n) is 11.0. The Morgan fingerprint density at radius 1 is 0.339 bits per heavy atom. The van der Waals surface area contributed by atoms with E-state index in [-0.39, 0.29) is 31.1 Å². The molecule has 0 aliphatic rings. The van der Waals surface area contributed by atoms with Crippen molar-refractivity contribution in [2.75, 3.05) is 13.2 Å². The predicted octanol–water partition coefficient (Wildman–Crippen LogP) is 15.8. The van der Waals surface area contributed by atoms with Crippen molar-refractivity contribution in [1.29, 1.82) is 0 Å². The second kappa shape index (κ2) is 45.8. The van der Waals surface area contributed by atoms with Crippen molar-refractivity contribution in [3.05, 3.63) is 12.2 Å². The average Bonchev–Trinajstić information content (AvgIpc) is 3.19. The molecule has 0 amide bonds.